The number of ether oxygens (including phenoxy) is 2. The van der Waals surface area contributed by atoms with Crippen molar-refractivity contribution in [3.63, 3.8) is 0 Å². The largest absolute Gasteiger partial charge is 0.493 e. The van der Waals surface area contributed by atoms with Crippen LogP contribution in [0.2, 0.25) is 0 Å². The Hall–Kier alpha value is -1.95. The molecule has 2 rings (SSSR count). The van der Waals surface area contributed by atoms with E-state index in [1.807, 2.05) is 13.0 Å². The topological polar surface area (TPSA) is 58.1 Å². The second kappa shape index (κ2) is 14.1. The van der Waals surface area contributed by atoms with E-state index in [0.717, 1.165) is 49.9 Å². The van der Waals surface area contributed by atoms with Gasteiger partial charge in [-0.2, -0.15) is 0 Å². The molecular formula is C23H40N4O2. The van der Waals surface area contributed by atoms with Gasteiger partial charge in [0.15, 0.2) is 17.5 Å². The molecule has 1 aromatic rings. The molecule has 1 saturated heterocycles. The van der Waals surface area contributed by atoms with Crippen molar-refractivity contribution in [2.45, 2.75) is 52.4 Å². The minimum atomic E-state index is 0.639. The molecular weight excluding hydrogens is 364 g/mol. The minimum absolute atomic E-state index is 0.639. The van der Waals surface area contributed by atoms with Crippen molar-refractivity contribution >= 4 is 5.96 Å². The quantitative estimate of drug-likeness (QED) is 0.300. The molecule has 0 radical (unpaired) electrons. The van der Waals surface area contributed by atoms with Crippen molar-refractivity contribution in [3.8, 4) is 11.5 Å². The predicted molar refractivity (Wildman–Crippen MR) is 121 cm³/mol. The van der Waals surface area contributed by atoms with Crippen molar-refractivity contribution < 1.29 is 9.47 Å². The van der Waals surface area contributed by atoms with Gasteiger partial charge in [-0.25, -0.2) is 0 Å². The molecule has 0 atom stereocenters. The second-order valence-corrected chi connectivity index (χ2v) is 7.47. The average molecular weight is 405 g/mol. The van der Waals surface area contributed by atoms with E-state index in [0.29, 0.717) is 6.61 Å². The third kappa shape index (κ3) is 8.94. The van der Waals surface area contributed by atoms with Gasteiger partial charge in [0.2, 0.25) is 0 Å². The molecule has 0 saturated carbocycles. The van der Waals surface area contributed by atoms with Gasteiger partial charge in [-0.1, -0.05) is 6.07 Å². The fourth-order valence-electron chi connectivity index (χ4n) is 3.63. The van der Waals surface area contributed by atoms with E-state index in [4.69, 9.17) is 14.5 Å². The lowest BCUT2D eigenvalue weighted by molar-refractivity contribution is 0.310. The molecule has 0 aliphatic carbocycles. The van der Waals surface area contributed by atoms with Crippen LogP contribution in [0.4, 0.5) is 0 Å². The van der Waals surface area contributed by atoms with E-state index in [-0.39, 0.29) is 0 Å². The van der Waals surface area contributed by atoms with Crippen LogP contribution < -0.4 is 20.1 Å². The lowest BCUT2D eigenvalue weighted by Crippen LogP contribution is -2.38. The number of methoxy groups -OCH3 is 1. The maximum Gasteiger partial charge on any atom is 0.191 e. The molecule has 2 N–H and O–H groups in total. The van der Waals surface area contributed by atoms with Crippen LogP contribution in [-0.2, 0) is 6.42 Å². The van der Waals surface area contributed by atoms with E-state index in [9.17, 15) is 0 Å². The number of likely N-dealkylation sites (tertiary alicyclic amines) is 1. The summed E-state index contributed by atoms with van der Waals surface area (Å²) in [5.41, 5.74) is 1.25. The second-order valence-electron chi connectivity index (χ2n) is 7.47. The zero-order valence-electron chi connectivity index (χ0n) is 18.6. The highest BCUT2D eigenvalue weighted by Gasteiger charge is 2.10. The fourth-order valence-corrected chi connectivity index (χ4v) is 3.63. The SMILES string of the molecule is CCNC(=NCCCc1ccc(OC)c(OCC)c1)NCCCCN1CCCC1. The highest BCUT2D eigenvalue weighted by Crippen LogP contribution is 2.28. The summed E-state index contributed by atoms with van der Waals surface area (Å²) in [6, 6.07) is 6.17. The molecule has 0 spiro atoms. The molecule has 6 heteroatoms. The van der Waals surface area contributed by atoms with Crippen molar-refractivity contribution in [3.05, 3.63) is 23.8 Å². The molecule has 0 amide bonds. The van der Waals surface area contributed by atoms with Crippen LogP contribution in [-0.4, -0.2) is 63.8 Å². The van der Waals surface area contributed by atoms with Crippen LogP contribution in [0.5, 0.6) is 11.5 Å². The smallest absolute Gasteiger partial charge is 0.191 e. The molecule has 29 heavy (non-hydrogen) atoms. The summed E-state index contributed by atoms with van der Waals surface area (Å²) in [6.45, 7) is 11.2. The van der Waals surface area contributed by atoms with E-state index in [1.54, 1.807) is 7.11 Å². The summed E-state index contributed by atoms with van der Waals surface area (Å²) in [6.07, 6.45) is 7.17. The third-order valence-corrected chi connectivity index (χ3v) is 5.16. The summed E-state index contributed by atoms with van der Waals surface area (Å²) < 4.78 is 11.0. The first-order chi connectivity index (χ1) is 14.3. The van der Waals surface area contributed by atoms with Gasteiger partial charge < -0.3 is 25.0 Å². The number of unbranched alkanes of at least 4 members (excludes halogenated alkanes) is 1. The number of rotatable bonds is 13. The Morgan fingerprint density at radius 2 is 1.90 bits per heavy atom. The molecule has 1 aromatic carbocycles. The van der Waals surface area contributed by atoms with Gasteiger partial charge in [0.05, 0.1) is 13.7 Å². The normalized spacial score (nSPS) is 14.8. The Balaban J connectivity index is 1.68. The first-order valence-corrected chi connectivity index (χ1v) is 11.3. The molecule has 164 valence electrons. The molecule has 1 heterocycles. The molecule has 1 aliphatic heterocycles. The maximum atomic E-state index is 5.67. The highest BCUT2D eigenvalue weighted by atomic mass is 16.5. The predicted octanol–water partition coefficient (Wildman–Crippen LogP) is 3.46. The van der Waals surface area contributed by atoms with Gasteiger partial charge in [0.1, 0.15) is 0 Å². The fraction of sp³-hybridized carbons (Fsp3) is 0.696. The molecule has 1 aliphatic rings. The third-order valence-electron chi connectivity index (χ3n) is 5.16. The molecule has 0 bridgehead atoms. The van der Waals surface area contributed by atoms with Crippen molar-refractivity contribution in [1.82, 2.24) is 15.5 Å². The molecule has 0 unspecified atom stereocenters. The van der Waals surface area contributed by atoms with Gasteiger partial charge in [0.25, 0.3) is 0 Å². The number of nitrogens with zero attached hydrogens (tertiary/aromatic N) is 2. The van der Waals surface area contributed by atoms with Crippen LogP contribution in [0.25, 0.3) is 0 Å². The Kier molecular flexibility index (Phi) is 11.3. The lowest BCUT2D eigenvalue weighted by atomic mass is 10.1. The number of benzene rings is 1. The number of aliphatic imine (C=N–C) groups is 1. The first kappa shape index (κ1) is 23.3. The molecule has 1 fully saturated rings. The number of nitrogens with one attached hydrogen (secondary N) is 2. The van der Waals surface area contributed by atoms with E-state index >= 15 is 0 Å². The van der Waals surface area contributed by atoms with E-state index in [1.165, 1.54) is 50.9 Å². The summed E-state index contributed by atoms with van der Waals surface area (Å²) in [5.74, 6) is 2.54. The number of aryl methyl sites for hydroxylation is 1. The zero-order chi connectivity index (χ0) is 20.7. The number of hydrogen-bond donors (Lipinski definition) is 2. The highest BCUT2D eigenvalue weighted by molar-refractivity contribution is 5.79. The Bertz CT molecular complexity index is 601. The van der Waals surface area contributed by atoms with Gasteiger partial charge in [-0.15, -0.1) is 0 Å². The van der Waals surface area contributed by atoms with Crippen molar-refractivity contribution in [1.29, 1.82) is 0 Å². The van der Waals surface area contributed by atoms with Crippen LogP contribution in [0, 0.1) is 0 Å². The van der Waals surface area contributed by atoms with Gasteiger partial charge >= 0.3 is 0 Å². The van der Waals surface area contributed by atoms with Crippen molar-refractivity contribution in [2.75, 3.05) is 53.0 Å². The summed E-state index contributed by atoms with van der Waals surface area (Å²) >= 11 is 0. The van der Waals surface area contributed by atoms with E-state index in [2.05, 4.69) is 34.6 Å². The summed E-state index contributed by atoms with van der Waals surface area (Å²) in [7, 11) is 1.67. The van der Waals surface area contributed by atoms with Crippen LogP contribution in [0.3, 0.4) is 0 Å². The minimum Gasteiger partial charge on any atom is -0.493 e. The monoisotopic (exact) mass is 404 g/mol. The average Bonchev–Trinajstić information content (AvgIpc) is 3.25. The van der Waals surface area contributed by atoms with Gasteiger partial charge in [-0.05, 0) is 89.7 Å². The van der Waals surface area contributed by atoms with Crippen LogP contribution in [0.15, 0.2) is 23.2 Å². The Morgan fingerprint density at radius 3 is 2.62 bits per heavy atom. The van der Waals surface area contributed by atoms with Gasteiger partial charge in [-0.3, -0.25) is 4.99 Å². The maximum absolute atomic E-state index is 5.67. The molecule has 0 aromatic heterocycles. The molecule has 6 nitrogen and oxygen atoms in total. The summed E-state index contributed by atoms with van der Waals surface area (Å²) in [5, 5.41) is 6.82. The Morgan fingerprint density at radius 1 is 1.07 bits per heavy atom. The van der Waals surface area contributed by atoms with Crippen LogP contribution >= 0.6 is 0 Å². The zero-order valence-corrected chi connectivity index (χ0v) is 18.6. The number of hydrogen-bond acceptors (Lipinski definition) is 4. The van der Waals surface area contributed by atoms with Gasteiger partial charge in [0, 0.05) is 19.6 Å². The summed E-state index contributed by atoms with van der Waals surface area (Å²) in [4.78, 5) is 7.30. The van der Waals surface area contributed by atoms with Crippen LogP contribution in [0.1, 0.15) is 51.5 Å². The van der Waals surface area contributed by atoms with Crippen molar-refractivity contribution in [2.24, 2.45) is 4.99 Å². The standard InChI is InChI=1S/C23H40N4O2/c1-4-24-23(25-14-6-7-16-27-17-8-9-18-27)26-15-10-11-20-12-13-21(28-3)22(19-20)29-5-2/h12-13,19H,4-11,14-18H2,1-3H3,(H2,24,25,26). The first-order valence-electron chi connectivity index (χ1n) is 11.3. The number of guanidine groups is 1. The van der Waals surface area contributed by atoms with E-state index < -0.39 is 0 Å². The lowest BCUT2D eigenvalue weighted by Gasteiger charge is -2.15. The Labute approximate surface area is 177 Å².